The summed E-state index contributed by atoms with van der Waals surface area (Å²) in [6.07, 6.45) is 7.31. The first kappa shape index (κ1) is 10.9. The predicted molar refractivity (Wildman–Crippen MR) is 67.2 cm³/mol. The van der Waals surface area contributed by atoms with Gasteiger partial charge in [0.1, 0.15) is 0 Å². The number of hydrogen-bond donors (Lipinski definition) is 2. The highest BCUT2D eigenvalue weighted by molar-refractivity contribution is 5.34. The van der Waals surface area contributed by atoms with E-state index in [1.165, 1.54) is 19.3 Å². The topological polar surface area (TPSA) is 94.5 Å². The van der Waals surface area contributed by atoms with E-state index in [1.54, 1.807) is 23.1 Å². The second kappa shape index (κ2) is 4.59. The van der Waals surface area contributed by atoms with Gasteiger partial charge in [0.25, 0.3) is 5.95 Å². The van der Waals surface area contributed by atoms with Gasteiger partial charge in [-0.1, -0.05) is 6.42 Å². The summed E-state index contributed by atoms with van der Waals surface area (Å²) in [5.41, 5.74) is 5.68. The van der Waals surface area contributed by atoms with Gasteiger partial charge in [0.2, 0.25) is 11.9 Å². The molecule has 0 atom stereocenters. The summed E-state index contributed by atoms with van der Waals surface area (Å²) in [7, 11) is 0. The fourth-order valence-electron chi connectivity index (χ4n) is 1.88. The second-order valence-electron chi connectivity index (χ2n) is 4.45. The van der Waals surface area contributed by atoms with Crippen molar-refractivity contribution >= 4 is 11.9 Å². The third-order valence-electron chi connectivity index (χ3n) is 3.12. The molecule has 0 radical (unpaired) electrons. The Kier molecular flexibility index (Phi) is 2.79. The van der Waals surface area contributed by atoms with E-state index in [4.69, 9.17) is 5.73 Å². The van der Waals surface area contributed by atoms with Crippen molar-refractivity contribution in [3.63, 3.8) is 0 Å². The molecule has 2 heterocycles. The Morgan fingerprint density at radius 1 is 1.33 bits per heavy atom. The molecule has 1 saturated carbocycles. The molecule has 1 aliphatic rings. The zero-order chi connectivity index (χ0) is 12.4. The summed E-state index contributed by atoms with van der Waals surface area (Å²) in [6, 6.07) is 1.81. The summed E-state index contributed by atoms with van der Waals surface area (Å²) in [5.74, 6) is 1.88. The van der Waals surface area contributed by atoms with Crippen LogP contribution in [-0.2, 0) is 0 Å². The molecule has 18 heavy (non-hydrogen) atoms. The average Bonchev–Trinajstić information content (AvgIpc) is 2.79. The predicted octanol–water partition coefficient (Wildman–Crippen LogP) is 0.851. The Balaban J connectivity index is 1.77. The van der Waals surface area contributed by atoms with Crippen molar-refractivity contribution in [2.75, 3.05) is 17.6 Å². The zero-order valence-electron chi connectivity index (χ0n) is 9.95. The van der Waals surface area contributed by atoms with Crippen LogP contribution in [0.3, 0.4) is 0 Å². The summed E-state index contributed by atoms with van der Waals surface area (Å²) in [4.78, 5) is 12.4. The lowest BCUT2D eigenvalue weighted by atomic mass is 9.85. The van der Waals surface area contributed by atoms with Crippen molar-refractivity contribution in [1.29, 1.82) is 0 Å². The van der Waals surface area contributed by atoms with Crippen LogP contribution in [0, 0.1) is 5.92 Å². The summed E-state index contributed by atoms with van der Waals surface area (Å²) < 4.78 is 1.56. The molecule has 1 aliphatic carbocycles. The van der Waals surface area contributed by atoms with E-state index in [2.05, 4.69) is 25.4 Å². The molecule has 0 aromatic carbocycles. The number of hydrogen-bond acceptors (Lipinski definition) is 6. The maximum Gasteiger partial charge on any atom is 0.257 e. The van der Waals surface area contributed by atoms with Crippen molar-refractivity contribution in [3.8, 4) is 5.95 Å². The van der Waals surface area contributed by atoms with Gasteiger partial charge in [0.15, 0.2) is 0 Å². The monoisotopic (exact) mass is 245 g/mol. The van der Waals surface area contributed by atoms with Gasteiger partial charge in [-0.2, -0.15) is 20.1 Å². The third-order valence-corrected chi connectivity index (χ3v) is 3.12. The van der Waals surface area contributed by atoms with Crippen molar-refractivity contribution in [1.82, 2.24) is 24.7 Å². The van der Waals surface area contributed by atoms with Crippen molar-refractivity contribution < 1.29 is 0 Å². The van der Waals surface area contributed by atoms with E-state index >= 15 is 0 Å². The first-order chi connectivity index (χ1) is 8.81. The standard InChI is InChI=1S/C11H15N7/c12-9-15-10(13-7-8-3-1-4-8)17-11(16-9)18-6-2-5-14-18/h2,5-6,8H,1,3-4,7H2,(H3,12,13,15,16,17). The van der Waals surface area contributed by atoms with Crippen molar-refractivity contribution in [2.24, 2.45) is 5.92 Å². The molecule has 94 valence electrons. The maximum atomic E-state index is 5.68. The molecule has 0 bridgehead atoms. The highest BCUT2D eigenvalue weighted by Gasteiger charge is 2.17. The van der Waals surface area contributed by atoms with Crippen LogP contribution in [0.2, 0.25) is 0 Å². The number of nitrogen functional groups attached to an aromatic ring is 1. The Morgan fingerprint density at radius 2 is 2.22 bits per heavy atom. The molecule has 2 aromatic heterocycles. The van der Waals surface area contributed by atoms with E-state index in [-0.39, 0.29) is 5.95 Å². The molecule has 3 N–H and O–H groups in total. The fourth-order valence-corrected chi connectivity index (χ4v) is 1.88. The van der Waals surface area contributed by atoms with Gasteiger partial charge < -0.3 is 11.1 Å². The van der Waals surface area contributed by atoms with E-state index < -0.39 is 0 Å². The minimum atomic E-state index is 0.201. The summed E-state index contributed by atoms with van der Waals surface area (Å²) in [5, 5.41) is 7.28. The normalized spacial score (nSPS) is 15.3. The molecule has 0 saturated heterocycles. The van der Waals surface area contributed by atoms with Crippen LogP contribution in [0.4, 0.5) is 11.9 Å². The van der Waals surface area contributed by atoms with Crippen LogP contribution >= 0.6 is 0 Å². The number of nitrogens with one attached hydrogen (secondary N) is 1. The van der Waals surface area contributed by atoms with Gasteiger partial charge in [-0.05, 0) is 24.8 Å². The van der Waals surface area contributed by atoms with Crippen LogP contribution in [0.25, 0.3) is 5.95 Å². The Morgan fingerprint density at radius 3 is 2.89 bits per heavy atom. The summed E-state index contributed by atoms with van der Waals surface area (Å²) >= 11 is 0. The molecule has 7 nitrogen and oxygen atoms in total. The van der Waals surface area contributed by atoms with Crippen molar-refractivity contribution in [2.45, 2.75) is 19.3 Å². The molecule has 0 unspecified atom stereocenters. The van der Waals surface area contributed by atoms with Crippen LogP contribution in [0.1, 0.15) is 19.3 Å². The van der Waals surface area contributed by atoms with Gasteiger partial charge >= 0.3 is 0 Å². The molecule has 0 spiro atoms. The van der Waals surface area contributed by atoms with Gasteiger partial charge in [0, 0.05) is 18.9 Å². The van der Waals surface area contributed by atoms with Crippen LogP contribution in [0.15, 0.2) is 18.5 Å². The van der Waals surface area contributed by atoms with E-state index in [0.717, 1.165) is 12.5 Å². The molecule has 7 heteroatoms. The lowest BCUT2D eigenvalue weighted by Gasteiger charge is -2.25. The molecule has 0 amide bonds. The zero-order valence-corrected chi connectivity index (χ0v) is 9.95. The Labute approximate surface area is 104 Å². The maximum absolute atomic E-state index is 5.68. The van der Waals surface area contributed by atoms with E-state index in [0.29, 0.717) is 11.9 Å². The lowest BCUT2D eigenvalue weighted by molar-refractivity contribution is 0.333. The number of rotatable bonds is 4. The molecule has 2 aromatic rings. The third kappa shape index (κ3) is 2.24. The Bertz CT molecular complexity index is 518. The number of aromatic nitrogens is 5. The minimum Gasteiger partial charge on any atom is -0.368 e. The highest BCUT2D eigenvalue weighted by atomic mass is 15.4. The van der Waals surface area contributed by atoms with Gasteiger partial charge in [-0.15, -0.1) is 0 Å². The second-order valence-corrected chi connectivity index (χ2v) is 4.45. The molecular weight excluding hydrogens is 230 g/mol. The number of nitrogens with two attached hydrogens (primary N) is 1. The first-order valence-electron chi connectivity index (χ1n) is 6.07. The Hall–Kier alpha value is -2.18. The molecule has 0 aliphatic heterocycles. The number of nitrogens with zero attached hydrogens (tertiary/aromatic N) is 5. The molecule has 3 rings (SSSR count). The highest BCUT2D eigenvalue weighted by Crippen LogP contribution is 2.26. The minimum absolute atomic E-state index is 0.201. The van der Waals surface area contributed by atoms with Crippen LogP contribution in [-0.4, -0.2) is 31.3 Å². The van der Waals surface area contributed by atoms with Gasteiger partial charge in [-0.3, -0.25) is 0 Å². The summed E-state index contributed by atoms with van der Waals surface area (Å²) in [6.45, 7) is 0.891. The smallest absolute Gasteiger partial charge is 0.257 e. The first-order valence-corrected chi connectivity index (χ1v) is 6.07. The lowest BCUT2D eigenvalue weighted by Crippen LogP contribution is -2.22. The average molecular weight is 245 g/mol. The van der Waals surface area contributed by atoms with Crippen LogP contribution < -0.4 is 11.1 Å². The fraction of sp³-hybridized carbons (Fsp3) is 0.455. The molecular formula is C11H15N7. The molecule has 1 fully saturated rings. The van der Waals surface area contributed by atoms with Gasteiger partial charge in [0.05, 0.1) is 0 Å². The van der Waals surface area contributed by atoms with E-state index in [9.17, 15) is 0 Å². The van der Waals surface area contributed by atoms with Crippen LogP contribution in [0.5, 0.6) is 0 Å². The van der Waals surface area contributed by atoms with Crippen molar-refractivity contribution in [3.05, 3.63) is 18.5 Å². The quantitative estimate of drug-likeness (QED) is 0.829. The SMILES string of the molecule is Nc1nc(NCC2CCC2)nc(-n2cccn2)n1. The van der Waals surface area contributed by atoms with E-state index in [1.807, 2.05) is 0 Å². The van der Waals surface area contributed by atoms with Gasteiger partial charge in [-0.25, -0.2) is 4.68 Å². The number of anilines is 2. The largest absolute Gasteiger partial charge is 0.368 e.